The standard InChI is InChI=1S/C22H28FN5S.HI/c1-3-25-22(27-15-18-12-16(13-24)8-9-19(18)23)26-14-17-6-4-10-28(2)21(17)20-7-5-11-29-20;/h5,7-9,11-12,17,21H,3-4,6,10,14-15H2,1-2H3,(H2,25,26,27);1H. The second kappa shape index (κ2) is 12.2. The molecular weight excluding hydrogens is 512 g/mol. The SMILES string of the molecule is CCNC(=NCc1cc(C#N)ccc1F)NCC1CCCN(C)C1c1cccs1.I. The zero-order chi connectivity index (χ0) is 20.6. The van der Waals surface area contributed by atoms with Crippen LogP contribution in [0.5, 0.6) is 0 Å². The molecule has 0 radical (unpaired) electrons. The highest BCUT2D eigenvalue weighted by molar-refractivity contribution is 14.0. The minimum atomic E-state index is -0.338. The van der Waals surface area contributed by atoms with Gasteiger partial charge < -0.3 is 10.6 Å². The first-order valence-electron chi connectivity index (χ1n) is 10.1. The summed E-state index contributed by atoms with van der Waals surface area (Å²) in [5.41, 5.74) is 0.869. The number of halogens is 2. The van der Waals surface area contributed by atoms with Crippen molar-refractivity contribution in [2.45, 2.75) is 32.4 Å². The Bertz CT molecular complexity index is 865. The third-order valence-electron chi connectivity index (χ3n) is 5.30. The van der Waals surface area contributed by atoms with Gasteiger partial charge in [-0.1, -0.05) is 6.07 Å². The number of hydrogen-bond acceptors (Lipinski definition) is 4. The average molecular weight is 541 g/mol. The van der Waals surface area contributed by atoms with E-state index in [2.05, 4.69) is 45.1 Å². The molecule has 0 saturated carbocycles. The van der Waals surface area contributed by atoms with Crippen LogP contribution in [0.4, 0.5) is 4.39 Å². The average Bonchev–Trinajstić information content (AvgIpc) is 3.25. The Morgan fingerprint density at radius 2 is 2.20 bits per heavy atom. The first-order chi connectivity index (χ1) is 14.1. The van der Waals surface area contributed by atoms with Gasteiger partial charge in [0, 0.05) is 29.6 Å². The summed E-state index contributed by atoms with van der Waals surface area (Å²) in [6.45, 7) is 4.85. The smallest absolute Gasteiger partial charge is 0.191 e. The van der Waals surface area contributed by atoms with Crippen LogP contribution in [-0.2, 0) is 6.54 Å². The number of rotatable bonds is 6. The molecule has 1 aromatic heterocycles. The summed E-state index contributed by atoms with van der Waals surface area (Å²) in [7, 11) is 2.20. The maximum Gasteiger partial charge on any atom is 0.191 e. The molecule has 2 heterocycles. The van der Waals surface area contributed by atoms with Crippen molar-refractivity contribution in [3.8, 4) is 6.07 Å². The van der Waals surface area contributed by atoms with Gasteiger partial charge in [0.2, 0.25) is 0 Å². The lowest BCUT2D eigenvalue weighted by Crippen LogP contribution is -2.44. The molecular formula is C22H29FIN5S. The van der Waals surface area contributed by atoms with E-state index in [4.69, 9.17) is 5.26 Å². The summed E-state index contributed by atoms with van der Waals surface area (Å²) < 4.78 is 14.0. The number of likely N-dealkylation sites (tertiary alicyclic amines) is 1. The topological polar surface area (TPSA) is 63.5 Å². The molecule has 30 heavy (non-hydrogen) atoms. The third kappa shape index (κ3) is 6.40. The van der Waals surface area contributed by atoms with E-state index in [1.807, 2.05) is 24.3 Å². The predicted molar refractivity (Wildman–Crippen MR) is 132 cm³/mol. The van der Waals surface area contributed by atoms with Gasteiger partial charge in [0.15, 0.2) is 5.96 Å². The Labute approximate surface area is 199 Å². The highest BCUT2D eigenvalue weighted by atomic mass is 127. The maximum absolute atomic E-state index is 14.0. The van der Waals surface area contributed by atoms with Crippen molar-refractivity contribution in [2.75, 3.05) is 26.7 Å². The molecule has 1 aliphatic heterocycles. The molecule has 0 aliphatic carbocycles. The van der Waals surface area contributed by atoms with E-state index in [1.165, 1.54) is 23.4 Å². The van der Waals surface area contributed by atoms with Crippen LogP contribution in [0.2, 0.25) is 0 Å². The van der Waals surface area contributed by atoms with Crippen molar-refractivity contribution in [2.24, 2.45) is 10.9 Å². The number of nitrogens with one attached hydrogen (secondary N) is 2. The summed E-state index contributed by atoms with van der Waals surface area (Å²) in [5.74, 6) is 0.817. The van der Waals surface area contributed by atoms with Gasteiger partial charge in [-0.3, -0.25) is 4.90 Å². The second-order valence-corrected chi connectivity index (χ2v) is 8.32. The fourth-order valence-electron chi connectivity index (χ4n) is 3.88. The molecule has 2 atom stereocenters. The van der Waals surface area contributed by atoms with E-state index >= 15 is 0 Å². The number of nitrogens with zero attached hydrogens (tertiary/aromatic N) is 3. The van der Waals surface area contributed by atoms with Gasteiger partial charge in [0.25, 0.3) is 0 Å². The van der Waals surface area contributed by atoms with Crippen LogP contribution in [0, 0.1) is 23.1 Å². The summed E-state index contributed by atoms with van der Waals surface area (Å²) in [5, 5.41) is 17.9. The van der Waals surface area contributed by atoms with E-state index in [0.29, 0.717) is 29.0 Å². The van der Waals surface area contributed by atoms with Gasteiger partial charge in [-0.05, 0) is 68.9 Å². The number of aliphatic imine (C=N–C) groups is 1. The molecule has 162 valence electrons. The molecule has 5 nitrogen and oxygen atoms in total. The van der Waals surface area contributed by atoms with Crippen molar-refractivity contribution in [3.05, 3.63) is 57.5 Å². The molecule has 2 aromatic rings. The minimum Gasteiger partial charge on any atom is -0.357 e. The first kappa shape index (κ1) is 24.6. The summed E-state index contributed by atoms with van der Waals surface area (Å²) >= 11 is 1.81. The van der Waals surface area contributed by atoms with Crippen LogP contribution in [0.15, 0.2) is 40.7 Å². The number of piperidine rings is 1. The monoisotopic (exact) mass is 541 g/mol. The van der Waals surface area contributed by atoms with E-state index in [9.17, 15) is 4.39 Å². The first-order valence-corrected chi connectivity index (χ1v) is 10.9. The lowest BCUT2D eigenvalue weighted by molar-refractivity contribution is 0.125. The van der Waals surface area contributed by atoms with Crippen LogP contribution in [0.25, 0.3) is 0 Å². The zero-order valence-corrected chi connectivity index (χ0v) is 20.5. The van der Waals surface area contributed by atoms with Crippen molar-refractivity contribution in [1.82, 2.24) is 15.5 Å². The Morgan fingerprint density at radius 3 is 2.90 bits per heavy atom. The lowest BCUT2D eigenvalue weighted by Gasteiger charge is -2.39. The Kier molecular flexibility index (Phi) is 10.0. The molecule has 3 rings (SSSR count). The normalized spacial score (nSPS) is 19.6. The minimum absolute atomic E-state index is 0. The van der Waals surface area contributed by atoms with Crippen molar-refractivity contribution >= 4 is 41.3 Å². The molecule has 2 unspecified atom stereocenters. The van der Waals surface area contributed by atoms with E-state index in [1.54, 1.807) is 6.07 Å². The zero-order valence-electron chi connectivity index (χ0n) is 17.4. The highest BCUT2D eigenvalue weighted by Crippen LogP contribution is 2.36. The quantitative estimate of drug-likeness (QED) is 0.321. The van der Waals surface area contributed by atoms with Gasteiger partial charge in [-0.15, -0.1) is 35.3 Å². The lowest BCUT2D eigenvalue weighted by atomic mass is 9.88. The number of guanidine groups is 1. The largest absolute Gasteiger partial charge is 0.357 e. The third-order valence-corrected chi connectivity index (χ3v) is 6.24. The molecule has 0 spiro atoms. The van der Waals surface area contributed by atoms with Crippen LogP contribution < -0.4 is 10.6 Å². The molecule has 0 amide bonds. The molecule has 1 fully saturated rings. The molecule has 0 bridgehead atoms. The summed E-state index contributed by atoms with van der Waals surface area (Å²) in [4.78, 5) is 8.38. The van der Waals surface area contributed by atoms with E-state index < -0.39 is 0 Å². The van der Waals surface area contributed by atoms with Gasteiger partial charge in [0.05, 0.1) is 18.2 Å². The number of benzene rings is 1. The maximum atomic E-state index is 14.0. The van der Waals surface area contributed by atoms with Crippen LogP contribution >= 0.6 is 35.3 Å². The summed E-state index contributed by atoms with van der Waals surface area (Å²) in [6, 6.07) is 11.2. The van der Waals surface area contributed by atoms with Crippen LogP contribution in [-0.4, -0.2) is 37.5 Å². The van der Waals surface area contributed by atoms with E-state index in [0.717, 1.165) is 26.1 Å². The Hall–Kier alpha value is -1.70. The van der Waals surface area contributed by atoms with E-state index in [-0.39, 0.29) is 36.3 Å². The number of nitriles is 1. The van der Waals surface area contributed by atoms with Gasteiger partial charge >= 0.3 is 0 Å². The van der Waals surface area contributed by atoms with Crippen LogP contribution in [0.3, 0.4) is 0 Å². The number of hydrogen-bond donors (Lipinski definition) is 2. The predicted octanol–water partition coefficient (Wildman–Crippen LogP) is 4.52. The Balaban J connectivity index is 0.00000320. The van der Waals surface area contributed by atoms with Crippen molar-refractivity contribution in [1.29, 1.82) is 5.26 Å². The number of thiophene rings is 1. The molecule has 1 saturated heterocycles. The fraction of sp³-hybridized carbons (Fsp3) is 0.455. The van der Waals surface area contributed by atoms with Gasteiger partial charge in [-0.2, -0.15) is 5.26 Å². The molecule has 1 aromatic carbocycles. The fourth-order valence-corrected chi connectivity index (χ4v) is 4.86. The van der Waals surface area contributed by atoms with Crippen molar-refractivity contribution in [3.63, 3.8) is 0 Å². The molecule has 2 N–H and O–H groups in total. The Morgan fingerprint density at radius 1 is 1.37 bits per heavy atom. The van der Waals surface area contributed by atoms with Crippen molar-refractivity contribution < 1.29 is 4.39 Å². The van der Waals surface area contributed by atoms with Gasteiger partial charge in [0.1, 0.15) is 5.82 Å². The van der Waals surface area contributed by atoms with Gasteiger partial charge in [-0.25, -0.2) is 9.38 Å². The summed E-state index contributed by atoms with van der Waals surface area (Å²) in [6.07, 6.45) is 2.35. The molecule has 8 heteroatoms. The second-order valence-electron chi connectivity index (χ2n) is 7.34. The molecule has 1 aliphatic rings. The van der Waals surface area contributed by atoms with Crippen LogP contribution in [0.1, 0.15) is 41.8 Å². The highest BCUT2D eigenvalue weighted by Gasteiger charge is 2.31.